The summed E-state index contributed by atoms with van der Waals surface area (Å²) in [7, 11) is 0. The van der Waals surface area contributed by atoms with Gasteiger partial charge in [0.25, 0.3) is 0 Å². The number of amides is 1. The third kappa shape index (κ3) is 6.42. The molecular formula is C31H34F2N4O5. The quantitative estimate of drug-likeness (QED) is 0.391. The fourth-order valence-electron chi connectivity index (χ4n) is 5.74. The number of aliphatic hydroxyl groups is 1. The summed E-state index contributed by atoms with van der Waals surface area (Å²) in [4.78, 5) is 22.3. The normalized spacial score (nSPS) is 19.9. The molecular weight excluding hydrogens is 546 g/mol. The smallest absolute Gasteiger partial charge is 0.225 e. The standard InChI is InChI=1S/C31H34F2N4O5/c32-22-6-8-23(9-7-22)42-28-5-3-4-27(35-28)37-13-10-20(18-37)31(39)34-25(19-36-11-1-2-12-36)29(38)21-16-24(33)30-26(17-21)40-14-15-41-30/h3-9,16-17,20,25,29,38H,1-2,10-15,18-19H2,(H,34,39)/t20-,25-,29-/m1/s1. The summed E-state index contributed by atoms with van der Waals surface area (Å²) < 4.78 is 44.7. The topological polar surface area (TPSA) is 96.4 Å². The molecule has 0 aliphatic carbocycles. The maximum Gasteiger partial charge on any atom is 0.225 e. The van der Waals surface area contributed by atoms with Gasteiger partial charge in [-0.2, -0.15) is 4.98 Å². The third-order valence-electron chi connectivity index (χ3n) is 7.95. The number of carbonyl (C=O) groups excluding carboxylic acids is 1. The Kier molecular flexibility index (Phi) is 8.38. The zero-order chi connectivity index (χ0) is 29.1. The first-order valence-corrected chi connectivity index (χ1v) is 14.4. The SMILES string of the molecule is O=C(N[C@H](CN1CCCC1)[C@H](O)c1cc(F)c2c(c1)OCCO2)[C@@H]1CCN(c2cccc(Oc3ccc(F)cc3)n2)C1. The Morgan fingerprint density at radius 3 is 2.67 bits per heavy atom. The van der Waals surface area contributed by atoms with Crippen LogP contribution in [0, 0.1) is 17.6 Å². The lowest BCUT2D eigenvalue weighted by molar-refractivity contribution is -0.126. The van der Waals surface area contributed by atoms with Crippen molar-refractivity contribution in [2.75, 3.05) is 50.8 Å². The molecule has 0 saturated carbocycles. The number of carbonyl (C=O) groups is 1. The summed E-state index contributed by atoms with van der Waals surface area (Å²) >= 11 is 0. The number of fused-ring (bicyclic) bond motifs is 1. The van der Waals surface area contributed by atoms with E-state index in [4.69, 9.17) is 14.2 Å². The zero-order valence-corrected chi connectivity index (χ0v) is 23.2. The Balaban J connectivity index is 1.13. The van der Waals surface area contributed by atoms with Gasteiger partial charge in [0.05, 0.1) is 12.0 Å². The van der Waals surface area contributed by atoms with Gasteiger partial charge in [-0.25, -0.2) is 8.78 Å². The number of nitrogens with zero attached hydrogens (tertiary/aromatic N) is 3. The van der Waals surface area contributed by atoms with Gasteiger partial charge in [0.1, 0.15) is 36.7 Å². The first-order chi connectivity index (χ1) is 20.4. The minimum absolute atomic E-state index is 0.0455. The molecule has 1 amide bonds. The summed E-state index contributed by atoms with van der Waals surface area (Å²) in [5.74, 6) is 0.376. The van der Waals surface area contributed by atoms with Gasteiger partial charge < -0.3 is 34.4 Å². The van der Waals surface area contributed by atoms with Crippen molar-refractivity contribution in [3.8, 4) is 23.1 Å². The summed E-state index contributed by atoms with van der Waals surface area (Å²) in [5.41, 5.74) is 0.330. The molecule has 3 aliphatic heterocycles. The van der Waals surface area contributed by atoms with E-state index in [0.29, 0.717) is 55.7 Å². The Hall–Kier alpha value is -3.96. The second-order valence-corrected chi connectivity index (χ2v) is 10.9. The van der Waals surface area contributed by atoms with Crippen LogP contribution in [0.1, 0.15) is 30.9 Å². The molecule has 11 heteroatoms. The van der Waals surface area contributed by atoms with E-state index in [1.165, 1.54) is 30.3 Å². The van der Waals surface area contributed by atoms with E-state index in [1.54, 1.807) is 12.1 Å². The van der Waals surface area contributed by atoms with Crippen molar-refractivity contribution in [2.24, 2.45) is 5.92 Å². The highest BCUT2D eigenvalue weighted by Gasteiger charge is 2.34. The third-order valence-corrected chi connectivity index (χ3v) is 7.95. The Morgan fingerprint density at radius 1 is 1.07 bits per heavy atom. The van der Waals surface area contributed by atoms with Crippen molar-refractivity contribution in [3.05, 3.63) is 71.8 Å². The van der Waals surface area contributed by atoms with Crippen molar-refractivity contribution in [2.45, 2.75) is 31.4 Å². The monoisotopic (exact) mass is 580 g/mol. The number of hydrogen-bond acceptors (Lipinski definition) is 8. The minimum atomic E-state index is -1.14. The number of anilines is 1. The first-order valence-electron chi connectivity index (χ1n) is 14.4. The van der Waals surface area contributed by atoms with Crippen LogP contribution in [-0.4, -0.2) is 72.9 Å². The zero-order valence-electron chi connectivity index (χ0n) is 23.2. The van der Waals surface area contributed by atoms with E-state index in [1.807, 2.05) is 17.0 Å². The van der Waals surface area contributed by atoms with Gasteiger partial charge in [-0.3, -0.25) is 4.79 Å². The van der Waals surface area contributed by atoms with Crippen molar-refractivity contribution in [1.82, 2.24) is 15.2 Å². The summed E-state index contributed by atoms with van der Waals surface area (Å²) in [6.45, 7) is 3.85. The molecule has 0 radical (unpaired) electrons. The van der Waals surface area contributed by atoms with Crippen LogP contribution in [0.2, 0.25) is 0 Å². The molecule has 0 bridgehead atoms. The number of rotatable bonds is 9. The number of halogens is 2. The molecule has 0 unspecified atom stereocenters. The molecule has 3 atom stereocenters. The predicted molar refractivity (Wildman–Crippen MR) is 151 cm³/mol. The second-order valence-electron chi connectivity index (χ2n) is 10.9. The van der Waals surface area contributed by atoms with Crippen LogP contribution < -0.4 is 24.4 Å². The maximum atomic E-state index is 14.8. The Bertz CT molecular complexity index is 1400. The highest BCUT2D eigenvalue weighted by Crippen LogP contribution is 2.37. The lowest BCUT2D eigenvalue weighted by atomic mass is 9.99. The van der Waals surface area contributed by atoms with Crippen molar-refractivity contribution < 1.29 is 32.9 Å². The average molecular weight is 581 g/mol. The van der Waals surface area contributed by atoms with E-state index in [9.17, 15) is 18.7 Å². The highest BCUT2D eigenvalue weighted by molar-refractivity contribution is 5.80. The van der Waals surface area contributed by atoms with Crippen molar-refractivity contribution >= 4 is 11.7 Å². The summed E-state index contributed by atoms with van der Waals surface area (Å²) in [5, 5.41) is 14.5. The van der Waals surface area contributed by atoms with Crippen LogP contribution in [0.4, 0.5) is 14.6 Å². The van der Waals surface area contributed by atoms with E-state index in [2.05, 4.69) is 15.2 Å². The van der Waals surface area contributed by atoms with Crippen LogP contribution in [0.25, 0.3) is 0 Å². The van der Waals surface area contributed by atoms with Crippen LogP contribution in [0.3, 0.4) is 0 Å². The maximum absolute atomic E-state index is 14.8. The molecule has 0 spiro atoms. The Labute approximate surface area is 243 Å². The van der Waals surface area contributed by atoms with Gasteiger partial charge in [0.15, 0.2) is 17.3 Å². The van der Waals surface area contributed by atoms with Gasteiger partial charge in [0.2, 0.25) is 11.8 Å². The Morgan fingerprint density at radius 2 is 1.86 bits per heavy atom. The molecule has 42 heavy (non-hydrogen) atoms. The number of hydrogen-bond donors (Lipinski definition) is 2. The molecule has 2 fully saturated rings. The van der Waals surface area contributed by atoms with Crippen LogP contribution in [0.5, 0.6) is 23.1 Å². The molecule has 222 valence electrons. The van der Waals surface area contributed by atoms with Gasteiger partial charge in [0, 0.05) is 25.7 Å². The molecule has 1 aromatic heterocycles. The number of pyridine rings is 1. The molecule has 3 aliphatic rings. The molecule has 2 aromatic carbocycles. The fourth-order valence-corrected chi connectivity index (χ4v) is 5.74. The lowest BCUT2D eigenvalue weighted by Crippen LogP contribution is -2.48. The molecule has 2 saturated heterocycles. The molecule has 3 aromatic rings. The van der Waals surface area contributed by atoms with Gasteiger partial charge in [-0.05, 0) is 80.4 Å². The van der Waals surface area contributed by atoms with E-state index >= 15 is 0 Å². The number of nitrogens with one attached hydrogen (secondary N) is 1. The first kappa shape index (κ1) is 28.2. The number of aliphatic hydroxyl groups excluding tert-OH is 1. The number of benzene rings is 2. The van der Waals surface area contributed by atoms with Gasteiger partial charge >= 0.3 is 0 Å². The fraction of sp³-hybridized carbons (Fsp3) is 0.419. The van der Waals surface area contributed by atoms with Crippen LogP contribution in [0.15, 0.2) is 54.6 Å². The lowest BCUT2D eigenvalue weighted by Gasteiger charge is -2.30. The molecule has 9 nitrogen and oxygen atoms in total. The number of aromatic nitrogens is 1. The molecule has 2 N–H and O–H groups in total. The molecule has 6 rings (SSSR count). The summed E-state index contributed by atoms with van der Waals surface area (Å²) in [6.07, 6.45) is 1.59. The second kappa shape index (κ2) is 12.5. The molecule has 4 heterocycles. The van der Waals surface area contributed by atoms with Gasteiger partial charge in [-0.15, -0.1) is 0 Å². The predicted octanol–water partition coefficient (Wildman–Crippen LogP) is 4.06. The highest BCUT2D eigenvalue weighted by atomic mass is 19.1. The van der Waals surface area contributed by atoms with E-state index < -0.39 is 18.0 Å². The summed E-state index contributed by atoms with van der Waals surface area (Å²) in [6, 6.07) is 13.3. The van der Waals surface area contributed by atoms with Crippen LogP contribution >= 0.6 is 0 Å². The minimum Gasteiger partial charge on any atom is -0.486 e. The van der Waals surface area contributed by atoms with E-state index in [-0.39, 0.29) is 35.7 Å². The number of ether oxygens (including phenoxy) is 3. The average Bonchev–Trinajstić information content (AvgIpc) is 3.71. The van der Waals surface area contributed by atoms with Crippen molar-refractivity contribution in [3.63, 3.8) is 0 Å². The van der Waals surface area contributed by atoms with Crippen molar-refractivity contribution in [1.29, 1.82) is 0 Å². The van der Waals surface area contributed by atoms with Crippen LogP contribution in [-0.2, 0) is 4.79 Å². The van der Waals surface area contributed by atoms with E-state index in [0.717, 1.165) is 25.9 Å². The van der Waals surface area contributed by atoms with Gasteiger partial charge in [-0.1, -0.05) is 6.07 Å². The number of likely N-dealkylation sites (tertiary alicyclic amines) is 1. The largest absolute Gasteiger partial charge is 0.486 e.